The number of ether oxygens (including phenoxy) is 2. The minimum Gasteiger partial charge on any atom is -0.506 e. The Labute approximate surface area is 144 Å². The van der Waals surface area contributed by atoms with Crippen LogP contribution in [-0.2, 0) is 16.0 Å². The van der Waals surface area contributed by atoms with E-state index in [1.807, 2.05) is 0 Å². The number of amides is 1. The highest BCUT2D eigenvalue weighted by Gasteiger charge is 2.17. The van der Waals surface area contributed by atoms with Gasteiger partial charge in [0.2, 0.25) is 0 Å². The molecule has 0 saturated heterocycles. The minimum absolute atomic E-state index is 0.133. The monoisotopic (exact) mass is 345 g/mol. The lowest BCUT2D eigenvalue weighted by Gasteiger charge is -2.16. The molecule has 3 N–H and O–H groups in total. The maximum atomic E-state index is 12.2. The highest BCUT2D eigenvalue weighted by molar-refractivity contribution is 5.95. The summed E-state index contributed by atoms with van der Waals surface area (Å²) in [5.74, 6) is -0.464. The Morgan fingerprint density at radius 3 is 2.36 bits per heavy atom. The van der Waals surface area contributed by atoms with Gasteiger partial charge in [-0.1, -0.05) is 6.07 Å². The van der Waals surface area contributed by atoms with Crippen LogP contribution in [0.2, 0.25) is 0 Å². The van der Waals surface area contributed by atoms with E-state index in [-0.39, 0.29) is 17.9 Å². The standard InChI is InChI=1S/C18H19NO6/c1-11(25-14-6-4-13(24-2)5-7-14)18(23)19-15-9-12(10-17(21)22)3-8-16(15)20/h3-9,11,20H,10H2,1-2H3,(H,19,23)(H,21,22). The first-order valence-corrected chi connectivity index (χ1v) is 7.54. The maximum Gasteiger partial charge on any atom is 0.307 e. The first kappa shape index (κ1) is 18.1. The molecular weight excluding hydrogens is 326 g/mol. The number of anilines is 1. The summed E-state index contributed by atoms with van der Waals surface area (Å²) in [5.41, 5.74) is 0.596. The van der Waals surface area contributed by atoms with Crippen molar-refractivity contribution < 1.29 is 29.3 Å². The van der Waals surface area contributed by atoms with Gasteiger partial charge in [0.25, 0.3) is 5.91 Å². The number of aromatic hydroxyl groups is 1. The Morgan fingerprint density at radius 1 is 1.12 bits per heavy atom. The van der Waals surface area contributed by atoms with Crippen molar-refractivity contribution in [1.29, 1.82) is 0 Å². The second-order valence-electron chi connectivity index (χ2n) is 5.35. The van der Waals surface area contributed by atoms with Gasteiger partial charge in [-0.2, -0.15) is 0 Å². The van der Waals surface area contributed by atoms with Gasteiger partial charge in [-0.25, -0.2) is 0 Å². The number of nitrogens with one attached hydrogen (secondary N) is 1. The number of methoxy groups -OCH3 is 1. The van der Waals surface area contributed by atoms with E-state index in [2.05, 4.69) is 5.32 Å². The molecule has 25 heavy (non-hydrogen) atoms. The molecule has 2 aromatic rings. The number of carbonyl (C=O) groups is 2. The zero-order valence-electron chi connectivity index (χ0n) is 13.9. The number of hydrogen-bond acceptors (Lipinski definition) is 5. The molecule has 1 amide bonds. The van der Waals surface area contributed by atoms with Crippen molar-refractivity contribution in [3.63, 3.8) is 0 Å². The molecule has 0 bridgehead atoms. The van der Waals surface area contributed by atoms with Gasteiger partial charge in [0, 0.05) is 0 Å². The van der Waals surface area contributed by atoms with Gasteiger partial charge in [0.15, 0.2) is 6.10 Å². The van der Waals surface area contributed by atoms with Gasteiger partial charge in [0.05, 0.1) is 19.2 Å². The van der Waals surface area contributed by atoms with Crippen molar-refractivity contribution in [3.05, 3.63) is 48.0 Å². The lowest BCUT2D eigenvalue weighted by Crippen LogP contribution is -2.30. The van der Waals surface area contributed by atoms with Crippen LogP contribution in [0.25, 0.3) is 0 Å². The third-order valence-electron chi connectivity index (χ3n) is 3.42. The number of carbonyl (C=O) groups excluding carboxylic acids is 1. The Hall–Kier alpha value is -3.22. The predicted molar refractivity (Wildman–Crippen MR) is 91.2 cm³/mol. The second kappa shape index (κ2) is 8.05. The molecule has 0 aromatic heterocycles. The van der Waals surface area contributed by atoms with Crippen molar-refractivity contribution in [2.24, 2.45) is 0 Å². The number of aliphatic carboxylic acids is 1. The van der Waals surface area contributed by atoms with Crippen LogP contribution >= 0.6 is 0 Å². The number of carboxylic acid groups (broad SMARTS) is 1. The largest absolute Gasteiger partial charge is 0.506 e. The summed E-state index contributed by atoms with van der Waals surface area (Å²) in [6.45, 7) is 1.57. The molecule has 7 heteroatoms. The van der Waals surface area contributed by atoms with Gasteiger partial charge in [-0.15, -0.1) is 0 Å². The lowest BCUT2D eigenvalue weighted by molar-refractivity contribution is -0.136. The van der Waals surface area contributed by atoms with E-state index in [0.29, 0.717) is 17.1 Å². The Morgan fingerprint density at radius 2 is 1.76 bits per heavy atom. The van der Waals surface area contributed by atoms with E-state index in [1.54, 1.807) is 38.3 Å². The zero-order chi connectivity index (χ0) is 18.4. The van der Waals surface area contributed by atoms with E-state index < -0.39 is 18.0 Å². The van der Waals surface area contributed by atoms with Gasteiger partial charge in [0.1, 0.15) is 17.2 Å². The van der Waals surface area contributed by atoms with Gasteiger partial charge in [-0.3, -0.25) is 9.59 Å². The molecule has 0 radical (unpaired) electrons. The van der Waals surface area contributed by atoms with Crippen LogP contribution in [0.5, 0.6) is 17.2 Å². The minimum atomic E-state index is -1.00. The van der Waals surface area contributed by atoms with Crippen LogP contribution in [-0.4, -0.2) is 35.3 Å². The molecule has 0 aliphatic heterocycles. The number of carboxylic acids is 1. The number of phenolic OH excluding ortho intramolecular Hbond substituents is 1. The van der Waals surface area contributed by atoms with Crippen LogP contribution < -0.4 is 14.8 Å². The molecule has 0 fully saturated rings. The second-order valence-corrected chi connectivity index (χ2v) is 5.35. The fraction of sp³-hybridized carbons (Fsp3) is 0.222. The average Bonchev–Trinajstić information content (AvgIpc) is 2.58. The highest BCUT2D eigenvalue weighted by Crippen LogP contribution is 2.25. The molecule has 0 heterocycles. The van der Waals surface area contributed by atoms with Crippen molar-refractivity contribution >= 4 is 17.6 Å². The van der Waals surface area contributed by atoms with Crippen molar-refractivity contribution in [3.8, 4) is 17.2 Å². The Bertz CT molecular complexity index is 757. The summed E-state index contributed by atoms with van der Waals surface area (Å²) in [6.07, 6.45) is -1.03. The number of rotatable bonds is 7. The molecule has 2 aromatic carbocycles. The molecule has 1 atom stereocenters. The van der Waals surface area contributed by atoms with E-state index >= 15 is 0 Å². The maximum absolute atomic E-state index is 12.2. The molecular formula is C18H19NO6. The van der Waals surface area contributed by atoms with Gasteiger partial charge < -0.3 is 25.0 Å². The lowest BCUT2D eigenvalue weighted by atomic mass is 10.1. The fourth-order valence-corrected chi connectivity index (χ4v) is 2.11. The SMILES string of the molecule is COc1ccc(OC(C)C(=O)Nc2cc(CC(=O)O)ccc2O)cc1. The molecule has 0 aliphatic rings. The Kier molecular flexibility index (Phi) is 5.84. The smallest absolute Gasteiger partial charge is 0.307 e. The number of hydrogen-bond donors (Lipinski definition) is 3. The topological polar surface area (TPSA) is 105 Å². The molecule has 0 spiro atoms. The van der Waals surface area contributed by atoms with Gasteiger partial charge in [-0.05, 0) is 48.9 Å². The number of benzene rings is 2. The van der Waals surface area contributed by atoms with E-state index in [1.165, 1.54) is 18.2 Å². The van der Waals surface area contributed by atoms with Gasteiger partial charge >= 0.3 is 5.97 Å². The first-order chi connectivity index (χ1) is 11.9. The molecule has 0 aliphatic carbocycles. The molecule has 132 valence electrons. The van der Waals surface area contributed by atoms with Crippen molar-refractivity contribution in [1.82, 2.24) is 0 Å². The Balaban J connectivity index is 2.03. The first-order valence-electron chi connectivity index (χ1n) is 7.54. The normalized spacial score (nSPS) is 11.4. The average molecular weight is 345 g/mol. The summed E-state index contributed by atoms with van der Waals surface area (Å²) in [6, 6.07) is 11.0. The van der Waals surface area contributed by atoms with E-state index in [4.69, 9.17) is 14.6 Å². The number of phenols is 1. The van der Waals surface area contributed by atoms with Crippen LogP contribution in [0.1, 0.15) is 12.5 Å². The van der Waals surface area contributed by atoms with Crippen LogP contribution in [0.15, 0.2) is 42.5 Å². The van der Waals surface area contributed by atoms with Crippen molar-refractivity contribution in [2.75, 3.05) is 12.4 Å². The summed E-state index contributed by atoms with van der Waals surface area (Å²) in [7, 11) is 1.55. The molecule has 1 unspecified atom stereocenters. The van der Waals surface area contributed by atoms with Crippen molar-refractivity contribution in [2.45, 2.75) is 19.4 Å². The molecule has 2 rings (SSSR count). The van der Waals surface area contributed by atoms with Crippen LogP contribution in [0.3, 0.4) is 0 Å². The quantitative estimate of drug-likeness (QED) is 0.666. The van der Waals surface area contributed by atoms with E-state index in [9.17, 15) is 14.7 Å². The molecule has 7 nitrogen and oxygen atoms in total. The zero-order valence-corrected chi connectivity index (χ0v) is 13.9. The summed E-state index contributed by atoms with van der Waals surface area (Å²) >= 11 is 0. The highest BCUT2D eigenvalue weighted by atomic mass is 16.5. The fourth-order valence-electron chi connectivity index (χ4n) is 2.11. The third kappa shape index (κ3) is 5.13. The predicted octanol–water partition coefficient (Wildman–Crippen LogP) is 2.43. The molecule has 0 saturated carbocycles. The summed E-state index contributed by atoms with van der Waals surface area (Å²) in [5, 5.41) is 21.2. The summed E-state index contributed by atoms with van der Waals surface area (Å²) in [4.78, 5) is 23.0. The van der Waals surface area contributed by atoms with E-state index in [0.717, 1.165) is 0 Å². The summed E-state index contributed by atoms with van der Waals surface area (Å²) < 4.78 is 10.6. The third-order valence-corrected chi connectivity index (χ3v) is 3.42. The van der Waals surface area contributed by atoms with Crippen LogP contribution in [0.4, 0.5) is 5.69 Å². The van der Waals surface area contributed by atoms with Crippen LogP contribution in [0, 0.1) is 0 Å².